The summed E-state index contributed by atoms with van der Waals surface area (Å²) in [6, 6.07) is 0. The van der Waals surface area contributed by atoms with E-state index in [0.717, 1.165) is 13.1 Å². The molecule has 80 valence electrons. The molecular weight excluding hydrogens is 200 g/mol. The Hall–Kier alpha value is -0.570. The van der Waals surface area contributed by atoms with E-state index < -0.39 is 10.0 Å². The fourth-order valence-electron chi connectivity index (χ4n) is 1.45. The lowest BCUT2D eigenvalue weighted by Crippen LogP contribution is -2.41. The molecule has 0 unspecified atom stereocenters. The first-order chi connectivity index (χ1) is 6.67. The summed E-state index contributed by atoms with van der Waals surface area (Å²) < 4.78 is 25.8. The average molecular weight is 216 g/mol. The Morgan fingerprint density at radius 1 is 1.43 bits per heavy atom. The van der Waals surface area contributed by atoms with Crippen LogP contribution < -0.4 is 10.0 Å². The summed E-state index contributed by atoms with van der Waals surface area (Å²) in [5.41, 5.74) is 0. The van der Waals surface area contributed by atoms with Crippen molar-refractivity contribution < 1.29 is 8.42 Å². The van der Waals surface area contributed by atoms with Crippen molar-refractivity contribution in [1.82, 2.24) is 10.0 Å². The molecule has 2 N–H and O–H groups in total. The summed E-state index contributed by atoms with van der Waals surface area (Å²) in [6.07, 6.45) is 1.38. The molecule has 1 rings (SSSR count). The van der Waals surface area contributed by atoms with Crippen LogP contribution in [0.4, 0.5) is 0 Å². The average Bonchev–Trinajstić information content (AvgIpc) is 2.19. The van der Waals surface area contributed by atoms with E-state index in [-0.39, 0.29) is 11.8 Å². The molecule has 14 heavy (non-hydrogen) atoms. The normalized spacial score (nSPS) is 18.6. The van der Waals surface area contributed by atoms with E-state index in [1.54, 1.807) is 6.92 Å². The van der Waals surface area contributed by atoms with Gasteiger partial charge in [-0.25, -0.2) is 13.1 Å². The molecule has 1 fully saturated rings. The molecule has 0 aromatic carbocycles. The van der Waals surface area contributed by atoms with Crippen LogP contribution in [0.5, 0.6) is 0 Å². The lowest BCUT2D eigenvalue weighted by molar-refractivity contribution is 0.491. The van der Waals surface area contributed by atoms with Crippen molar-refractivity contribution in [1.29, 1.82) is 0 Å². The number of nitrogens with one attached hydrogen (secondary N) is 2. The van der Waals surface area contributed by atoms with Gasteiger partial charge in [0.05, 0.1) is 11.8 Å². The molecule has 0 radical (unpaired) electrons. The van der Waals surface area contributed by atoms with E-state index >= 15 is 0 Å². The lowest BCUT2D eigenvalue weighted by atomic mass is 10.2. The van der Waals surface area contributed by atoms with E-state index in [2.05, 4.69) is 21.9 Å². The SMILES string of the molecule is CC#CCNS(=O)(=O)C1CCNCC1. The second-order valence-electron chi connectivity index (χ2n) is 3.24. The summed E-state index contributed by atoms with van der Waals surface area (Å²) in [7, 11) is -3.15. The Kier molecular flexibility index (Phi) is 4.39. The quantitative estimate of drug-likeness (QED) is 0.636. The predicted molar refractivity (Wildman–Crippen MR) is 56.3 cm³/mol. The molecule has 0 aromatic rings. The van der Waals surface area contributed by atoms with Gasteiger partial charge < -0.3 is 5.32 Å². The minimum Gasteiger partial charge on any atom is -0.317 e. The van der Waals surface area contributed by atoms with Crippen LogP contribution in [0.15, 0.2) is 0 Å². The van der Waals surface area contributed by atoms with Crippen molar-refractivity contribution >= 4 is 10.0 Å². The molecule has 0 bridgehead atoms. The minimum atomic E-state index is -3.15. The first-order valence-electron chi connectivity index (χ1n) is 4.75. The summed E-state index contributed by atoms with van der Waals surface area (Å²) in [5.74, 6) is 5.34. The zero-order chi connectivity index (χ0) is 10.4. The number of piperidine rings is 1. The second-order valence-corrected chi connectivity index (χ2v) is 5.29. The molecule has 1 aliphatic rings. The molecule has 1 saturated heterocycles. The lowest BCUT2D eigenvalue weighted by Gasteiger charge is -2.22. The fourth-order valence-corrected chi connectivity index (χ4v) is 2.81. The highest BCUT2D eigenvalue weighted by molar-refractivity contribution is 7.90. The van der Waals surface area contributed by atoms with Crippen molar-refractivity contribution in [2.24, 2.45) is 0 Å². The van der Waals surface area contributed by atoms with Gasteiger partial charge in [-0.05, 0) is 32.9 Å². The third kappa shape index (κ3) is 3.29. The van der Waals surface area contributed by atoms with E-state index in [1.165, 1.54) is 0 Å². The summed E-state index contributed by atoms with van der Waals surface area (Å²) >= 11 is 0. The highest BCUT2D eigenvalue weighted by Gasteiger charge is 2.26. The van der Waals surface area contributed by atoms with Crippen molar-refractivity contribution in [2.75, 3.05) is 19.6 Å². The van der Waals surface area contributed by atoms with Gasteiger partial charge >= 0.3 is 0 Å². The van der Waals surface area contributed by atoms with Gasteiger partial charge in [-0.2, -0.15) is 0 Å². The molecule has 4 nitrogen and oxygen atoms in total. The van der Waals surface area contributed by atoms with Crippen LogP contribution in [0.1, 0.15) is 19.8 Å². The number of hydrogen-bond acceptors (Lipinski definition) is 3. The van der Waals surface area contributed by atoms with E-state index in [9.17, 15) is 8.42 Å². The van der Waals surface area contributed by atoms with Gasteiger partial charge in [0.2, 0.25) is 10.0 Å². The summed E-state index contributed by atoms with van der Waals surface area (Å²) in [4.78, 5) is 0. The Labute approximate surface area is 85.5 Å². The van der Waals surface area contributed by atoms with Gasteiger partial charge in [0.25, 0.3) is 0 Å². The topological polar surface area (TPSA) is 58.2 Å². The highest BCUT2D eigenvalue weighted by Crippen LogP contribution is 2.11. The molecule has 0 spiro atoms. The first-order valence-corrected chi connectivity index (χ1v) is 6.30. The smallest absolute Gasteiger partial charge is 0.215 e. The third-order valence-corrected chi connectivity index (χ3v) is 4.16. The van der Waals surface area contributed by atoms with Crippen molar-refractivity contribution in [3.8, 4) is 11.8 Å². The summed E-state index contributed by atoms with van der Waals surface area (Å²) in [6.45, 7) is 3.48. The zero-order valence-electron chi connectivity index (χ0n) is 8.34. The van der Waals surface area contributed by atoms with E-state index in [1.807, 2.05) is 0 Å². The second kappa shape index (κ2) is 5.35. The largest absolute Gasteiger partial charge is 0.317 e. The molecule has 0 aliphatic carbocycles. The molecule has 0 atom stereocenters. The predicted octanol–water partition coefficient (Wildman–Crippen LogP) is -0.319. The Bertz CT molecular complexity index is 320. The van der Waals surface area contributed by atoms with Gasteiger partial charge in [-0.1, -0.05) is 5.92 Å². The van der Waals surface area contributed by atoms with Gasteiger partial charge in [0.15, 0.2) is 0 Å². The van der Waals surface area contributed by atoms with Crippen LogP contribution in [0.25, 0.3) is 0 Å². The van der Waals surface area contributed by atoms with Crippen LogP contribution >= 0.6 is 0 Å². The molecule has 0 amide bonds. The van der Waals surface area contributed by atoms with Gasteiger partial charge in [-0.15, -0.1) is 5.92 Å². The maximum atomic E-state index is 11.7. The van der Waals surface area contributed by atoms with Crippen LogP contribution in [0.2, 0.25) is 0 Å². The molecule has 1 aliphatic heterocycles. The third-order valence-electron chi connectivity index (χ3n) is 2.26. The maximum Gasteiger partial charge on any atom is 0.215 e. The van der Waals surface area contributed by atoms with Crippen molar-refractivity contribution in [3.63, 3.8) is 0 Å². The van der Waals surface area contributed by atoms with E-state index in [4.69, 9.17) is 0 Å². The van der Waals surface area contributed by atoms with Gasteiger partial charge in [0, 0.05) is 0 Å². The monoisotopic (exact) mass is 216 g/mol. The fraction of sp³-hybridized carbons (Fsp3) is 0.778. The van der Waals surface area contributed by atoms with Gasteiger partial charge in [-0.3, -0.25) is 0 Å². The van der Waals surface area contributed by atoms with Crippen LogP contribution in [0, 0.1) is 11.8 Å². The first kappa shape index (κ1) is 11.5. The van der Waals surface area contributed by atoms with Crippen molar-refractivity contribution in [2.45, 2.75) is 25.0 Å². The molecule has 0 saturated carbocycles. The van der Waals surface area contributed by atoms with E-state index in [0.29, 0.717) is 12.8 Å². The Morgan fingerprint density at radius 2 is 2.07 bits per heavy atom. The number of rotatable bonds is 3. The zero-order valence-corrected chi connectivity index (χ0v) is 9.15. The summed E-state index contributed by atoms with van der Waals surface area (Å²) in [5, 5.41) is 2.89. The Balaban J connectivity index is 2.49. The molecule has 1 heterocycles. The maximum absolute atomic E-state index is 11.7. The minimum absolute atomic E-state index is 0.225. The van der Waals surface area contributed by atoms with Crippen LogP contribution in [-0.4, -0.2) is 33.3 Å². The molecular formula is C9H16N2O2S. The Morgan fingerprint density at radius 3 is 2.64 bits per heavy atom. The number of hydrogen-bond donors (Lipinski definition) is 2. The van der Waals surface area contributed by atoms with Crippen LogP contribution in [-0.2, 0) is 10.0 Å². The van der Waals surface area contributed by atoms with Crippen LogP contribution in [0.3, 0.4) is 0 Å². The number of sulfonamides is 1. The van der Waals surface area contributed by atoms with Gasteiger partial charge in [0.1, 0.15) is 0 Å². The highest BCUT2D eigenvalue weighted by atomic mass is 32.2. The molecule has 5 heteroatoms. The molecule has 0 aromatic heterocycles. The standard InChI is InChI=1S/C9H16N2O2S/c1-2-3-6-11-14(12,13)9-4-7-10-8-5-9/h9-11H,4-8H2,1H3. The van der Waals surface area contributed by atoms with Crippen molar-refractivity contribution in [3.05, 3.63) is 0 Å².